The third-order valence-electron chi connectivity index (χ3n) is 1.32. The van der Waals surface area contributed by atoms with Gasteiger partial charge in [0.25, 0.3) is 0 Å². The number of rotatable bonds is 2. The minimum atomic E-state index is 0.308. The van der Waals surface area contributed by atoms with Crippen molar-refractivity contribution in [2.75, 3.05) is 20.0 Å². The van der Waals surface area contributed by atoms with Gasteiger partial charge < -0.3 is 15.2 Å². The van der Waals surface area contributed by atoms with E-state index in [1.807, 2.05) is 0 Å². The average Bonchev–Trinajstić information content (AvgIpc) is 2.05. The van der Waals surface area contributed by atoms with Crippen molar-refractivity contribution in [1.29, 1.82) is 0 Å². The van der Waals surface area contributed by atoms with Gasteiger partial charge in [0.2, 0.25) is 11.8 Å². The molecule has 2 N–H and O–H groups in total. The standard InChI is InChI=1S/C7H9ClN2O2/c1-11-6-4(8)3-5(9)7(10-6)12-2/h3H,9H2,1-2H3. The summed E-state index contributed by atoms with van der Waals surface area (Å²) in [5.74, 6) is 0.624. The van der Waals surface area contributed by atoms with Crippen LogP contribution in [0.5, 0.6) is 11.8 Å². The fourth-order valence-corrected chi connectivity index (χ4v) is 1.01. The van der Waals surface area contributed by atoms with Crippen molar-refractivity contribution in [3.05, 3.63) is 11.1 Å². The van der Waals surface area contributed by atoms with Crippen LogP contribution in [0.4, 0.5) is 5.69 Å². The average molecular weight is 189 g/mol. The van der Waals surface area contributed by atoms with Crippen molar-refractivity contribution >= 4 is 17.3 Å². The number of aromatic nitrogens is 1. The van der Waals surface area contributed by atoms with Gasteiger partial charge in [-0.3, -0.25) is 0 Å². The molecular weight excluding hydrogens is 180 g/mol. The molecule has 0 amide bonds. The van der Waals surface area contributed by atoms with E-state index in [0.29, 0.717) is 22.5 Å². The van der Waals surface area contributed by atoms with E-state index in [-0.39, 0.29) is 0 Å². The Bertz CT molecular complexity index is 266. The van der Waals surface area contributed by atoms with Gasteiger partial charge in [-0.05, 0) is 6.07 Å². The SMILES string of the molecule is COc1nc(OC)c(Cl)cc1N. The fraction of sp³-hybridized carbons (Fsp3) is 0.286. The third-order valence-corrected chi connectivity index (χ3v) is 1.59. The lowest BCUT2D eigenvalue weighted by atomic mass is 10.4. The molecule has 0 aliphatic rings. The lowest BCUT2D eigenvalue weighted by Crippen LogP contribution is -1.98. The predicted octanol–water partition coefficient (Wildman–Crippen LogP) is 1.33. The van der Waals surface area contributed by atoms with Crippen LogP contribution in [0.1, 0.15) is 0 Å². The first kappa shape index (κ1) is 8.93. The maximum atomic E-state index is 5.74. The molecule has 0 radical (unpaired) electrons. The molecule has 0 aromatic carbocycles. The van der Waals surface area contributed by atoms with Crippen LogP contribution in [0.25, 0.3) is 0 Å². The maximum absolute atomic E-state index is 5.74. The summed E-state index contributed by atoms with van der Waals surface area (Å²) in [4.78, 5) is 3.91. The molecule has 0 fully saturated rings. The van der Waals surface area contributed by atoms with E-state index >= 15 is 0 Å². The van der Waals surface area contributed by atoms with Gasteiger partial charge in [-0.25, -0.2) is 0 Å². The molecule has 0 saturated heterocycles. The molecule has 0 unspecified atom stereocenters. The molecule has 0 saturated carbocycles. The van der Waals surface area contributed by atoms with Gasteiger partial charge in [-0.15, -0.1) is 0 Å². The number of pyridine rings is 1. The summed E-state index contributed by atoms with van der Waals surface area (Å²) in [7, 11) is 2.95. The van der Waals surface area contributed by atoms with E-state index in [4.69, 9.17) is 26.8 Å². The zero-order chi connectivity index (χ0) is 9.14. The van der Waals surface area contributed by atoms with E-state index in [9.17, 15) is 0 Å². The summed E-state index contributed by atoms with van der Waals surface area (Å²) in [5.41, 5.74) is 5.92. The second kappa shape index (κ2) is 3.49. The van der Waals surface area contributed by atoms with Gasteiger partial charge >= 0.3 is 0 Å². The first-order chi connectivity index (χ1) is 5.69. The van der Waals surface area contributed by atoms with E-state index in [2.05, 4.69) is 4.98 Å². The number of methoxy groups -OCH3 is 2. The quantitative estimate of drug-likeness (QED) is 0.761. The van der Waals surface area contributed by atoms with Crippen molar-refractivity contribution in [1.82, 2.24) is 4.98 Å². The van der Waals surface area contributed by atoms with E-state index in [1.165, 1.54) is 20.3 Å². The van der Waals surface area contributed by atoms with Crippen LogP contribution in [0.3, 0.4) is 0 Å². The molecule has 66 valence electrons. The number of nitrogens with two attached hydrogens (primary N) is 1. The van der Waals surface area contributed by atoms with Gasteiger partial charge in [0.1, 0.15) is 5.02 Å². The second-order valence-electron chi connectivity index (χ2n) is 2.08. The number of nitrogens with zero attached hydrogens (tertiary/aromatic N) is 1. The van der Waals surface area contributed by atoms with Crippen LogP contribution in [0.15, 0.2) is 6.07 Å². The molecule has 4 nitrogen and oxygen atoms in total. The molecule has 1 heterocycles. The van der Waals surface area contributed by atoms with Crippen LogP contribution in [0.2, 0.25) is 5.02 Å². The van der Waals surface area contributed by atoms with Gasteiger partial charge in [-0.2, -0.15) is 4.98 Å². The molecule has 1 aromatic heterocycles. The van der Waals surface area contributed by atoms with Crippen LogP contribution < -0.4 is 15.2 Å². The number of halogens is 1. The lowest BCUT2D eigenvalue weighted by Gasteiger charge is -2.06. The summed E-state index contributed by atoms with van der Waals surface area (Å²) >= 11 is 5.74. The van der Waals surface area contributed by atoms with E-state index in [0.717, 1.165) is 0 Å². The van der Waals surface area contributed by atoms with Gasteiger partial charge in [0, 0.05) is 0 Å². The minimum Gasteiger partial charge on any atom is -0.480 e. The van der Waals surface area contributed by atoms with E-state index in [1.54, 1.807) is 0 Å². The number of ether oxygens (including phenoxy) is 2. The molecule has 0 bridgehead atoms. The molecule has 1 aromatic rings. The van der Waals surface area contributed by atoms with Gasteiger partial charge in [0.15, 0.2) is 0 Å². The van der Waals surface area contributed by atoms with Crippen LogP contribution >= 0.6 is 11.6 Å². The topological polar surface area (TPSA) is 57.4 Å². The highest BCUT2D eigenvalue weighted by Gasteiger charge is 2.08. The summed E-state index contributed by atoms with van der Waals surface area (Å²) < 4.78 is 9.73. The Kier molecular flexibility index (Phi) is 2.60. The largest absolute Gasteiger partial charge is 0.480 e. The van der Waals surface area contributed by atoms with Gasteiger partial charge in [0.05, 0.1) is 19.9 Å². The molecule has 0 spiro atoms. The van der Waals surface area contributed by atoms with Gasteiger partial charge in [-0.1, -0.05) is 11.6 Å². The van der Waals surface area contributed by atoms with Crippen molar-refractivity contribution in [3.8, 4) is 11.8 Å². The van der Waals surface area contributed by atoms with Crippen molar-refractivity contribution in [3.63, 3.8) is 0 Å². The first-order valence-electron chi connectivity index (χ1n) is 3.23. The normalized spacial score (nSPS) is 9.58. The molecule has 5 heteroatoms. The number of anilines is 1. The molecule has 12 heavy (non-hydrogen) atoms. The van der Waals surface area contributed by atoms with Crippen LogP contribution in [-0.4, -0.2) is 19.2 Å². The number of hydrogen-bond acceptors (Lipinski definition) is 4. The Labute approximate surface area is 75.3 Å². The van der Waals surface area contributed by atoms with Crippen molar-refractivity contribution in [2.45, 2.75) is 0 Å². The van der Waals surface area contributed by atoms with Crippen molar-refractivity contribution < 1.29 is 9.47 Å². The first-order valence-corrected chi connectivity index (χ1v) is 3.60. The maximum Gasteiger partial charge on any atom is 0.240 e. The summed E-state index contributed by atoms with van der Waals surface area (Å²) in [5, 5.41) is 0.371. The molecule has 0 atom stereocenters. The fourth-order valence-electron chi connectivity index (χ4n) is 0.777. The number of hydrogen-bond donors (Lipinski definition) is 1. The van der Waals surface area contributed by atoms with E-state index < -0.39 is 0 Å². The second-order valence-corrected chi connectivity index (χ2v) is 2.49. The Morgan fingerprint density at radius 1 is 1.33 bits per heavy atom. The Balaban J connectivity index is 3.18. The van der Waals surface area contributed by atoms with Crippen LogP contribution in [-0.2, 0) is 0 Å². The Morgan fingerprint density at radius 3 is 2.42 bits per heavy atom. The third kappa shape index (κ3) is 1.53. The highest BCUT2D eigenvalue weighted by Crippen LogP contribution is 2.29. The smallest absolute Gasteiger partial charge is 0.240 e. The molecule has 0 aliphatic carbocycles. The summed E-state index contributed by atoms with van der Waals surface area (Å²) in [6, 6.07) is 1.53. The highest BCUT2D eigenvalue weighted by atomic mass is 35.5. The summed E-state index contributed by atoms with van der Waals surface area (Å²) in [6.45, 7) is 0. The Morgan fingerprint density at radius 2 is 1.92 bits per heavy atom. The number of nitrogen functional groups attached to an aromatic ring is 1. The van der Waals surface area contributed by atoms with Crippen LogP contribution in [0, 0.1) is 0 Å². The minimum absolute atomic E-state index is 0.308. The predicted molar refractivity (Wildman–Crippen MR) is 46.8 cm³/mol. The highest BCUT2D eigenvalue weighted by molar-refractivity contribution is 6.32. The Hall–Kier alpha value is -1.16. The lowest BCUT2D eigenvalue weighted by molar-refractivity contribution is 0.366. The summed E-state index contributed by atoms with van der Waals surface area (Å²) in [6.07, 6.45) is 0. The monoisotopic (exact) mass is 188 g/mol. The molecule has 0 aliphatic heterocycles. The van der Waals surface area contributed by atoms with Crippen molar-refractivity contribution in [2.24, 2.45) is 0 Å². The molecule has 1 rings (SSSR count). The zero-order valence-corrected chi connectivity index (χ0v) is 7.55. The molecular formula is C7H9ClN2O2. The zero-order valence-electron chi connectivity index (χ0n) is 6.80.